The van der Waals surface area contributed by atoms with Crippen LogP contribution < -0.4 is 5.73 Å². The maximum atomic E-state index is 13.8. The number of benzene rings is 2. The van der Waals surface area contributed by atoms with Gasteiger partial charge in [0.2, 0.25) is 0 Å². The van der Waals surface area contributed by atoms with Crippen LogP contribution in [-0.4, -0.2) is 0 Å². The molecule has 0 aliphatic rings. The summed E-state index contributed by atoms with van der Waals surface area (Å²) in [6, 6.07) is 10.2. The average molecular weight is 326 g/mol. The van der Waals surface area contributed by atoms with Gasteiger partial charge in [0, 0.05) is 16.1 Å². The summed E-state index contributed by atoms with van der Waals surface area (Å²) in [6.07, 6.45) is 0.465. The molecule has 0 radical (unpaired) electrons. The SMILES string of the molecule is Cc1ccc(C(N)Cc2ccc(Br)cc2)c(F)c1F. The lowest BCUT2D eigenvalue weighted by atomic mass is 9.98. The van der Waals surface area contributed by atoms with Crippen molar-refractivity contribution in [2.24, 2.45) is 5.73 Å². The maximum absolute atomic E-state index is 13.8. The molecule has 0 aliphatic heterocycles. The monoisotopic (exact) mass is 325 g/mol. The van der Waals surface area contributed by atoms with Crippen molar-refractivity contribution in [2.75, 3.05) is 0 Å². The van der Waals surface area contributed by atoms with Gasteiger partial charge in [0.1, 0.15) is 0 Å². The first-order valence-corrected chi connectivity index (χ1v) is 6.73. The Morgan fingerprint density at radius 2 is 1.68 bits per heavy atom. The Balaban J connectivity index is 2.23. The Labute approximate surface area is 119 Å². The quantitative estimate of drug-likeness (QED) is 0.895. The van der Waals surface area contributed by atoms with Gasteiger partial charge in [0.05, 0.1) is 0 Å². The zero-order chi connectivity index (χ0) is 14.0. The molecule has 0 spiro atoms. The number of halogens is 3. The summed E-state index contributed by atoms with van der Waals surface area (Å²) in [7, 11) is 0. The largest absolute Gasteiger partial charge is 0.324 e. The molecule has 0 bridgehead atoms. The minimum absolute atomic E-state index is 0.214. The molecular weight excluding hydrogens is 312 g/mol. The standard InChI is InChI=1S/C15H14BrF2N/c1-9-2-7-12(15(18)14(9)17)13(19)8-10-3-5-11(16)6-4-10/h2-7,13H,8,19H2,1H3. The Bertz CT molecular complexity index is 581. The van der Waals surface area contributed by atoms with Crippen LogP contribution in [-0.2, 0) is 6.42 Å². The van der Waals surface area contributed by atoms with Crippen molar-refractivity contribution >= 4 is 15.9 Å². The van der Waals surface area contributed by atoms with Gasteiger partial charge in [-0.25, -0.2) is 8.78 Å². The second-order valence-electron chi connectivity index (χ2n) is 4.54. The number of hydrogen-bond donors (Lipinski definition) is 1. The van der Waals surface area contributed by atoms with Crippen molar-refractivity contribution < 1.29 is 8.78 Å². The molecule has 1 atom stereocenters. The van der Waals surface area contributed by atoms with E-state index in [-0.39, 0.29) is 11.1 Å². The van der Waals surface area contributed by atoms with Gasteiger partial charge in [-0.1, -0.05) is 40.2 Å². The predicted octanol–water partition coefficient (Wildman–Crippen LogP) is 4.28. The third kappa shape index (κ3) is 3.19. The second kappa shape index (κ2) is 5.80. The fourth-order valence-electron chi connectivity index (χ4n) is 1.93. The Kier molecular flexibility index (Phi) is 4.32. The van der Waals surface area contributed by atoms with Crippen molar-refractivity contribution in [3.63, 3.8) is 0 Å². The van der Waals surface area contributed by atoms with Crippen LogP contribution in [0.25, 0.3) is 0 Å². The van der Waals surface area contributed by atoms with Gasteiger partial charge in [-0.15, -0.1) is 0 Å². The minimum atomic E-state index is -0.843. The maximum Gasteiger partial charge on any atom is 0.163 e. The molecule has 0 aromatic heterocycles. The van der Waals surface area contributed by atoms with Gasteiger partial charge in [-0.3, -0.25) is 0 Å². The summed E-state index contributed by atoms with van der Waals surface area (Å²) < 4.78 is 28.3. The van der Waals surface area contributed by atoms with E-state index in [9.17, 15) is 8.78 Å². The molecule has 0 amide bonds. The normalized spacial score (nSPS) is 12.5. The van der Waals surface area contributed by atoms with E-state index in [1.807, 2.05) is 24.3 Å². The van der Waals surface area contributed by atoms with E-state index in [4.69, 9.17) is 5.73 Å². The van der Waals surface area contributed by atoms with Gasteiger partial charge < -0.3 is 5.73 Å². The van der Waals surface area contributed by atoms with E-state index in [0.29, 0.717) is 6.42 Å². The molecule has 100 valence electrons. The van der Waals surface area contributed by atoms with Crippen LogP contribution in [0.2, 0.25) is 0 Å². The van der Waals surface area contributed by atoms with Crippen LogP contribution in [0.15, 0.2) is 40.9 Å². The van der Waals surface area contributed by atoms with Gasteiger partial charge in [-0.2, -0.15) is 0 Å². The highest BCUT2D eigenvalue weighted by atomic mass is 79.9. The van der Waals surface area contributed by atoms with Gasteiger partial charge in [-0.05, 0) is 36.6 Å². The zero-order valence-corrected chi connectivity index (χ0v) is 12.0. The summed E-state index contributed by atoms with van der Waals surface area (Å²) in [5.74, 6) is -1.66. The number of nitrogens with two attached hydrogens (primary N) is 1. The van der Waals surface area contributed by atoms with E-state index in [1.165, 1.54) is 6.92 Å². The van der Waals surface area contributed by atoms with Crippen molar-refractivity contribution in [2.45, 2.75) is 19.4 Å². The molecule has 2 aromatic rings. The lowest BCUT2D eigenvalue weighted by molar-refractivity contribution is 0.483. The lowest BCUT2D eigenvalue weighted by Crippen LogP contribution is -2.16. The van der Waals surface area contributed by atoms with Crippen LogP contribution in [0.3, 0.4) is 0 Å². The fraction of sp³-hybridized carbons (Fsp3) is 0.200. The van der Waals surface area contributed by atoms with Crippen LogP contribution in [0.5, 0.6) is 0 Å². The van der Waals surface area contributed by atoms with Crippen molar-refractivity contribution in [1.82, 2.24) is 0 Å². The summed E-state index contributed by atoms with van der Waals surface area (Å²) in [5, 5.41) is 0. The minimum Gasteiger partial charge on any atom is -0.324 e. The predicted molar refractivity (Wildman–Crippen MR) is 75.9 cm³/mol. The third-order valence-electron chi connectivity index (χ3n) is 3.07. The first-order valence-electron chi connectivity index (χ1n) is 5.93. The van der Waals surface area contributed by atoms with Gasteiger partial charge in [0.25, 0.3) is 0 Å². The summed E-state index contributed by atoms with van der Waals surface area (Å²) in [4.78, 5) is 0. The molecule has 0 saturated carbocycles. The molecule has 0 heterocycles. The highest BCUT2D eigenvalue weighted by Gasteiger charge is 2.16. The lowest BCUT2D eigenvalue weighted by Gasteiger charge is -2.14. The molecule has 4 heteroatoms. The Morgan fingerprint density at radius 1 is 1.05 bits per heavy atom. The smallest absolute Gasteiger partial charge is 0.163 e. The van der Waals surface area contributed by atoms with Gasteiger partial charge in [0.15, 0.2) is 11.6 Å². The summed E-state index contributed by atoms with van der Waals surface area (Å²) >= 11 is 3.34. The number of aryl methyl sites for hydroxylation is 1. The molecule has 2 N–H and O–H groups in total. The fourth-order valence-corrected chi connectivity index (χ4v) is 2.20. The van der Waals surface area contributed by atoms with E-state index in [0.717, 1.165) is 10.0 Å². The van der Waals surface area contributed by atoms with E-state index in [2.05, 4.69) is 15.9 Å². The van der Waals surface area contributed by atoms with E-state index in [1.54, 1.807) is 12.1 Å². The van der Waals surface area contributed by atoms with Crippen molar-refractivity contribution in [1.29, 1.82) is 0 Å². The topological polar surface area (TPSA) is 26.0 Å². The van der Waals surface area contributed by atoms with Gasteiger partial charge >= 0.3 is 0 Å². The third-order valence-corrected chi connectivity index (χ3v) is 3.60. The zero-order valence-electron chi connectivity index (χ0n) is 10.5. The Hall–Kier alpha value is -1.26. The summed E-state index contributed by atoms with van der Waals surface area (Å²) in [6.45, 7) is 1.53. The Morgan fingerprint density at radius 3 is 2.32 bits per heavy atom. The van der Waals surface area contributed by atoms with E-state index >= 15 is 0 Å². The van der Waals surface area contributed by atoms with E-state index < -0.39 is 17.7 Å². The molecule has 0 aliphatic carbocycles. The molecular formula is C15H14BrF2N. The van der Waals surface area contributed by atoms with Crippen LogP contribution in [0.1, 0.15) is 22.7 Å². The van der Waals surface area contributed by atoms with Crippen molar-refractivity contribution in [3.05, 3.63) is 69.2 Å². The number of rotatable bonds is 3. The molecule has 2 aromatic carbocycles. The first kappa shape index (κ1) is 14.2. The second-order valence-corrected chi connectivity index (χ2v) is 5.45. The number of hydrogen-bond acceptors (Lipinski definition) is 1. The highest BCUT2D eigenvalue weighted by molar-refractivity contribution is 9.10. The molecule has 0 fully saturated rings. The van der Waals surface area contributed by atoms with Crippen LogP contribution in [0.4, 0.5) is 8.78 Å². The average Bonchev–Trinajstić information content (AvgIpc) is 2.39. The summed E-state index contributed by atoms with van der Waals surface area (Å²) in [5.41, 5.74) is 7.45. The molecule has 1 unspecified atom stereocenters. The highest BCUT2D eigenvalue weighted by Crippen LogP contribution is 2.23. The van der Waals surface area contributed by atoms with Crippen LogP contribution >= 0.6 is 15.9 Å². The molecule has 19 heavy (non-hydrogen) atoms. The van der Waals surface area contributed by atoms with Crippen LogP contribution in [0, 0.1) is 18.6 Å². The first-order chi connectivity index (χ1) is 8.99. The molecule has 0 saturated heterocycles. The van der Waals surface area contributed by atoms with Crippen molar-refractivity contribution in [3.8, 4) is 0 Å². The molecule has 2 rings (SSSR count). The molecule has 1 nitrogen and oxygen atoms in total.